The highest BCUT2D eigenvalue weighted by molar-refractivity contribution is 5.86. The lowest BCUT2D eigenvalue weighted by atomic mass is 9.82. The Bertz CT molecular complexity index is 2190. The van der Waals surface area contributed by atoms with Gasteiger partial charge in [0, 0.05) is 18.7 Å². The fraction of sp³-hybridized carbons (Fsp3) is 0.500. The third-order valence-electron chi connectivity index (χ3n) is 13.3. The molecule has 1 spiro atoms. The maximum atomic E-state index is 13.5. The summed E-state index contributed by atoms with van der Waals surface area (Å²) in [4.78, 5) is 59.6. The normalized spacial score (nSPS) is 20.8. The molecule has 3 amide bonds. The summed E-state index contributed by atoms with van der Waals surface area (Å²) >= 11 is 0. The predicted molar refractivity (Wildman–Crippen MR) is 226 cm³/mol. The SMILES string of the molecule is C=C(N[C@@H](C)C(=O)N1CCCC[C@H]1c1ncc(-c2ccc(-c3ccc(-c4cnc([C@@H]5CCCCN5C(=O)[C@H](C)NC(=O)OC)[nH]4)c4c3CC3(CCCC3)C4)cc2)[nH]1)OC. The van der Waals surface area contributed by atoms with Gasteiger partial charge in [-0.25, -0.2) is 14.8 Å². The average molecular weight is 803 g/mol. The van der Waals surface area contributed by atoms with E-state index in [1.165, 1.54) is 67.7 Å². The third kappa shape index (κ3) is 8.08. The number of fused-ring (bicyclic) bond motifs is 1. The maximum absolute atomic E-state index is 13.5. The van der Waals surface area contributed by atoms with E-state index in [0.29, 0.717) is 19.0 Å². The zero-order chi connectivity index (χ0) is 41.3. The first-order valence-electron chi connectivity index (χ1n) is 21.4. The van der Waals surface area contributed by atoms with Gasteiger partial charge in [-0.3, -0.25) is 9.59 Å². The minimum Gasteiger partial charge on any atom is -0.483 e. The second-order valence-electron chi connectivity index (χ2n) is 17.1. The van der Waals surface area contributed by atoms with Crippen molar-refractivity contribution in [2.75, 3.05) is 27.3 Å². The standard InChI is InChI=1S/C46H58N8O5/c1-28(49-30(3)58-4)43(55)53-22-10-6-12-39(53)41-47-26-37(51-41)32-16-14-31(15-17-32)33-18-19-34(36-25-46(24-35(33)36)20-8-9-21-46)38-27-48-42(52-38)40-13-7-11-23-54(40)44(56)29(2)50-45(57)59-5/h14-19,26-29,39-40,49H,3,6-13,20-25H2,1-2,4-5H3,(H,47,51)(H,48,52)(H,50,57)/t28-,29-,39-,40-/m0/s1. The van der Waals surface area contributed by atoms with Crippen LogP contribution in [0.4, 0.5) is 4.79 Å². The summed E-state index contributed by atoms with van der Waals surface area (Å²) in [6.45, 7) is 8.65. The number of hydrogen-bond donors (Lipinski definition) is 4. The van der Waals surface area contributed by atoms with Gasteiger partial charge in [-0.2, -0.15) is 0 Å². The number of benzene rings is 2. The first-order valence-corrected chi connectivity index (χ1v) is 21.4. The Balaban J connectivity index is 1.04. The summed E-state index contributed by atoms with van der Waals surface area (Å²) in [7, 11) is 2.83. The van der Waals surface area contributed by atoms with Crippen LogP contribution in [0.25, 0.3) is 33.6 Å². The number of aromatic nitrogens is 4. The monoisotopic (exact) mass is 802 g/mol. The zero-order valence-electron chi connectivity index (χ0n) is 34.9. The van der Waals surface area contributed by atoms with Gasteiger partial charge in [-0.15, -0.1) is 0 Å². The molecule has 13 nitrogen and oxygen atoms in total. The molecule has 4 aliphatic rings. The average Bonchev–Trinajstić information content (AvgIpc) is 4.11. The minimum atomic E-state index is -0.702. The van der Waals surface area contributed by atoms with E-state index in [4.69, 9.17) is 19.4 Å². The molecule has 13 heteroatoms. The number of hydrogen-bond acceptors (Lipinski definition) is 8. The molecule has 4 aromatic rings. The van der Waals surface area contributed by atoms with Crippen molar-refractivity contribution in [2.45, 2.75) is 115 Å². The number of nitrogens with one attached hydrogen (secondary N) is 4. The summed E-state index contributed by atoms with van der Waals surface area (Å²) in [6, 6.07) is 11.8. The van der Waals surface area contributed by atoms with E-state index in [1.807, 2.05) is 29.1 Å². The molecule has 312 valence electrons. The van der Waals surface area contributed by atoms with Crippen molar-refractivity contribution in [3.05, 3.63) is 84.0 Å². The van der Waals surface area contributed by atoms with Gasteiger partial charge in [0.25, 0.3) is 0 Å². The molecule has 3 fully saturated rings. The molecule has 4 heterocycles. The Labute approximate surface area is 346 Å². The van der Waals surface area contributed by atoms with E-state index in [1.54, 1.807) is 6.92 Å². The van der Waals surface area contributed by atoms with Crippen LogP contribution in [0.2, 0.25) is 0 Å². The van der Waals surface area contributed by atoms with Crippen molar-refractivity contribution in [1.29, 1.82) is 0 Å². The summed E-state index contributed by atoms with van der Waals surface area (Å²) in [5.41, 5.74) is 9.71. The minimum absolute atomic E-state index is 0.00460. The maximum Gasteiger partial charge on any atom is 0.407 e. The van der Waals surface area contributed by atoms with Gasteiger partial charge >= 0.3 is 6.09 Å². The molecule has 0 radical (unpaired) electrons. The molecule has 2 aromatic carbocycles. The number of methoxy groups -OCH3 is 2. The molecule has 0 unspecified atom stereocenters. The second-order valence-corrected chi connectivity index (χ2v) is 17.1. The molecular weight excluding hydrogens is 745 g/mol. The number of aromatic amines is 2. The Morgan fingerprint density at radius 3 is 1.83 bits per heavy atom. The number of imidazole rings is 2. The number of alkyl carbamates (subject to hydrolysis) is 1. The molecule has 1 saturated carbocycles. The lowest BCUT2D eigenvalue weighted by Crippen LogP contribution is -2.49. The van der Waals surface area contributed by atoms with Crippen molar-refractivity contribution < 1.29 is 23.9 Å². The van der Waals surface area contributed by atoms with E-state index in [0.717, 1.165) is 80.0 Å². The smallest absolute Gasteiger partial charge is 0.407 e. The molecule has 2 aliphatic heterocycles. The topological polar surface area (TPSA) is 158 Å². The molecule has 0 bridgehead atoms. The fourth-order valence-corrected chi connectivity index (χ4v) is 10.2. The largest absolute Gasteiger partial charge is 0.483 e. The number of nitrogens with zero attached hydrogens (tertiary/aromatic N) is 4. The quantitative estimate of drug-likeness (QED) is 0.112. The first kappa shape index (κ1) is 40.2. The van der Waals surface area contributed by atoms with Gasteiger partial charge in [0.2, 0.25) is 11.8 Å². The van der Waals surface area contributed by atoms with Crippen LogP contribution in [-0.4, -0.2) is 87.0 Å². The Hall–Kier alpha value is -5.59. The number of amides is 3. The predicted octanol–water partition coefficient (Wildman–Crippen LogP) is 7.74. The first-order chi connectivity index (χ1) is 28.6. The number of carbonyl (C=O) groups excluding carboxylic acids is 3. The highest BCUT2D eigenvalue weighted by atomic mass is 16.5. The Morgan fingerprint density at radius 1 is 0.712 bits per heavy atom. The molecule has 2 saturated heterocycles. The lowest BCUT2D eigenvalue weighted by molar-refractivity contribution is -0.137. The number of H-pyrrole nitrogens is 2. The van der Waals surface area contributed by atoms with E-state index in [-0.39, 0.29) is 29.3 Å². The summed E-state index contributed by atoms with van der Waals surface area (Å²) in [5, 5.41) is 5.68. The van der Waals surface area contributed by atoms with Crippen molar-refractivity contribution >= 4 is 17.9 Å². The highest BCUT2D eigenvalue weighted by Crippen LogP contribution is 2.53. The van der Waals surface area contributed by atoms with Crippen molar-refractivity contribution in [2.24, 2.45) is 5.41 Å². The van der Waals surface area contributed by atoms with Crippen LogP contribution < -0.4 is 10.6 Å². The molecule has 4 N–H and O–H groups in total. The fourth-order valence-electron chi connectivity index (χ4n) is 10.2. The van der Waals surface area contributed by atoms with Gasteiger partial charge < -0.3 is 39.9 Å². The number of carbonyl (C=O) groups is 3. The van der Waals surface area contributed by atoms with Gasteiger partial charge in [0.15, 0.2) is 5.88 Å². The molecule has 2 aromatic heterocycles. The van der Waals surface area contributed by atoms with Crippen LogP contribution >= 0.6 is 0 Å². The lowest BCUT2D eigenvalue weighted by Gasteiger charge is -2.36. The molecular formula is C46H58N8O5. The van der Waals surface area contributed by atoms with E-state index in [2.05, 4.69) is 63.6 Å². The summed E-state index contributed by atoms with van der Waals surface area (Å²) in [6.07, 6.45) is 15.9. The van der Waals surface area contributed by atoms with Crippen LogP contribution in [0, 0.1) is 5.41 Å². The van der Waals surface area contributed by atoms with E-state index in [9.17, 15) is 14.4 Å². The third-order valence-corrected chi connectivity index (χ3v) is 13.3. The number of likely N-dealkylation sites (tertiary alicyclic amines) is 2. The van der Waals surface area contributed by atoms with Crippen LogP contribution in [0.15, 0.2) is 61.3 Å². The van der Waals surface area contributed by atoms with Crippen LogP contribution in [-0.2, 0) is 31.9 Å². The Morgan fingerprint density at radius 2 is 1.24 bits per heavy atom. The van der Waals surface area contributed by atoms with Gasteiger partial charge in [0.1, 0.15) is 23.7 Å². The van der Waals surface area contributed by atoms with Crippen LogP contribution in [0.3, 0.4) is 0 Å². The van der Waals surface area contributed by atoms with Gasteiger partial charge in [-0.05, 0) is 118 Å². The number of rotatable bonds is 11. The molecule has 4 atom stereocenters. The van der Waals surface area contributed by atoms with Gasteiger partial charge in [0.05, 0.1) is 50.1 Å². The van der Waals surface area contributed by atoms with E-state index < -0.39 is 18.2 Å². The summed E-state index contributed by atoms with van der Waals surface area (Å²) < 4.78 is 9.89. The molecule has 2 aliphatic carbocycles. The van der Waals surface area contributed by atoms with Gasteiger partial charge in [-0.1, -0.05) is 49.2 Å². The van der Waals surface area contributed by atoms with Crippen molar-refractivity contribution in [3.63, 3.8) is 0 Å². The number of ether oxygens (including phenoxy) is 2. The van der Waals surface area contributed by atoms with Crippen molar-refractivity contribution in [3.8, 4) is 33.6 Å². The van der Waals surface area contributed by atoms with Crippen LogP contribution in [0.5, 0.6) is 0 Å². The molecule has 59 heavy (non-hydrogen) atoms. The molecule has 8 rings (SSSR count). The highest BCUT2D eigenvalue weighted by Gasteiger charge is 2.42. The Kier molecular flexibility index (Phi) is 11.5. The van der Waals surface area contributed by atoms with Crippen molar-refractivity contribution in [1.82, 2.24) is 40.4 Å². The second kappa shape index (κ2) is 16.9. The number of piperidine rings is 2. The zero-order valence-corrected chi connectivity index (χ0v) is 34.9. The van der Waals surface area contributed by atoms with E-state index >= 15 is 0 Å². The van der Waals surface area contributed by atoms with Crippen LogP contribution in [0.1, 0.15) is 113 Å². The summed E-state index contributed by atoms with van der Waals surface area (Å²) in [5.74, 6) is 1.83.